The van der Waals surface area contributed by atoms with Crippen molar-refractivity contribution in [3.8, 4) is 0 Å². The van der Waals surface area contributed by atoms with Gasteiger partial charge in [-0.1, -0.05) is 28.7 Å². The minimum atomic E-state index is -5.20. The van der Waals surface area contributed by atoms with Gasteiger partial charge in [-0.2, -0.15) is 13.2 Å². The largest absolute Gasteiger partial charge is 0.490 e. The number of rotatable bonds is 5. The van der Waals surface area contributed by atoms with Crippen molar-refractivity contribution in [2.45, 2.75) is 86.6 Å². The summed E-state index contributed by atoms with van der Waals surface area (Å²) in [5.74, 6) is -6.74. The van der Waals surface area contributed by atoms with E-state index >= 15 is 0 Å². The molecule has 10 heteroatoms. The maximum absolute atomic E-state index is 12.9. The van der Waals surface area contributed by atoms with Gasteiger partial charge in [0.1, 0.15) is 11.7 Å². The van der Waals surface area contributed by atoms with E-state index < -0.39 is 65.9 Å². The summed E-state index contributed by atoms with van der Waals surface area (Å²) in [7, 11) is 0. The van der Waals surface area contributed by atoms with Gasteiger partial charge in [-0.05, 0) is 63.2 Å². The van der Waals surface area contributed by atoms with Gasteiger partial charge >= 0.3 is 30.1 Å². The Labute approximate surface area is 199 Å². The van der Waals surface area contributed by atoms with Crippen LogP contribution in [-0.4, -0.2) is 41.8 Å². The molecule has 0 radical (unpaired) electrons. The van der Waals surface area contributed by atoms with E-state index in [1.54, 1.807) is 27.7 Å². The van der Waals surface area contributed by atoms with Gasteiger partial charge in [-0.25, -0.2) is 4.79 Å². The van der Waals surface area contributed by atoms with Crippen LogP contribution in [0.15, 0.2) is 0 Å². The van der Waals surface area contributed by atoms with Gasteiger partial charge in [0.05, 0.1) is 18.3 Å². The van der Waals surface area contributed by atoms with Crippen LogP contribution in [0.5, 0.6) is 0 Å². The summed E-state index contributed by atoms with van der Waals surface area (Å²) < 4.78 is 53.6. The molecule has 0 aromatic heterocycles. The Morgan fingerprint density at radius 3 is 2.09 bits per heavy atom. The highest BCUT2D eigenvalue weighted by Crippen LogP contribution is 2.60. The molecule has 8 atom stereocenters. The second kappa shape index (κ2) is 10.2. The number of hydrogen-bond donors (Lipinski definition) is 0. The van der Waals surface area contributed by atoms with Crippen molar-refractivity contribution in [2.75, 3.05) is 0 Å². The summed E-state index contributed by atoms with van der Waals surface area (Å²) in [4.78, 5) is 48.3. The molecule has 2 saturated carbocycles. The van der Waals surface area contributed by atoms with Crippen molar-refractivity contribution in [1.29, 1.82) is 0 Å². The Bertz CT molecular complexity index is 801. The molecule has 0 aromatic carbocycles. The van der Waals surface area contributed by atoms with E-state index in [0.29, 0.717) is 12.8 Å². The Hall–Kier alpha value is -2.13. The van der Waals surface area contributed by atoms with E-state index in [-0.39, 0.29) is 38.5 Å². The average Bonchev–Trinajstić information content (AvgIpc) is 3.25. The Morgan fingerprint density at radius 2 is 1.65 bits per heavy atom. The number of esters is 4. The first-order valence-electron chi connectivity index (χ1n) is 10.8. The first kappa shape index (κ1) is 29.9. The number of ether oxygens (including phenoxy) is 3. The molecule has 8 unspecified atom stereocenters. The number of halogens is 3. The number of carbonyl (C=O) groups excluding carboxylic acids is 4. The fourth-order valence-electron chi connectivity index (χ4n) is 5.88. The number of hydrogen-bond acceptors (Lipinski definition) is 7. The zero-order valence-electron chi connectivity index (χ0n) is 18.7. The lowest BCUT2D eigenvalue weighted by atomic mass is 9.65. The molecular weight excluding hydrogens is 457 g/mol. The highest BCUT2D eigenvalue weighted by molar-refractivity contribution is 5.96. The van der Waals surface area contributed by atoms with E-state index in [2.05, 4.69) is 0 Å². The van der Waals surface area contributed by atoms with Crippen LogP contribution in [0, 0.1) is 41.4 Å². The molecule has 1 saturated heterocycles. The van der Waals surface area contributed by atoms with Crippen LogP contribution in [0.3, 0.4) is 0 Å². The average molecular weight is 495 g/mol. The Kier molecular flexibility index (Phi) is 9.00. The van der Waals surface area contributed by atoms with Gasteiger partial charge < -0.3 is 14.2 Å². The van der Waals surface area contributed by atoms with Crippen LogP contribution in [0.25, 0.3) is 0 Å². The van der Waals surface area contributed by atoms with Crippen LogP contribution in [-0.2, 0) is 33.4 Å². The number of carbonyl (C=O) groups is 4. The molecule has 1 heterocycles. The molecule has 2 aliphatic carbocycles. The second-order valence-corrected chi connectivity index (χ2v) is 10.3. The highest BCUT2D eigenvalue weighted by atomic mass is 19.4. The van der Waals surface area contributed by atoms with Crippen LogP contribution in [0.1, 0.15) is 68.7 Å². The molecule has 0 N–H and O–H groups in total. The van der Waals surface area contributed by atoms with Crippen LogP contribution < -0.4 is 0 Å². The maximum atomic E-state index is 12.9. The van der Waals surface area contributed by atoms with Crippen LogP contribution in [0.4, 0.5) is 13.2 Å². The summed E-state index contributed by atoms with van der Waals surface area (Å²) in [6.45, 7) is 8.44. The third-order valence-electron chi connectivity index (χ3n) is 7.10. The third-order valence-corrected chi connectivity index (χ3v) is 7.10. The summed E-state index contributed by atoms with van der Waals surface area (Å²) >= 11 is 0. The number of fused-ring (bicyclic) bond motifs is 2. The lowest BCUT2D eigenvalue weighted by Crippen LogP contribution is -2.44. The minimum Gasteiger partial charge on any atom is -0.460 e. The van der Waals surface area contributed by atoms with Gasteiger partial charge in [0, 0.05) is 0 Å². The SMILES string of the molecule is C.C.CC1C(=O)OC(=O)C1C1C(C)C2CC(C(CC(=O)OC(C)(C)C)OC(=O)C(F)(F)F)C1C2. The van der Waals surface area contributed by atoms with Gasteiger partial charge in [-0.15, -0.1) is 0 Å². The number of cyclic esters (lactones) is 2. The van der Waals surface area contributed by atoms with E-state index in [9.17, 15) is 32.3 Å². The monoisotopic (exact) mass is 494 g/mol. The normalized spacial score (nSPS) is 33.5. The van der Waals surface area contributed by atoms with Gasteiger partial charge in [0.25, 0.3) is 0 Å². The van der Waals surface area contributed by atoms with Crippen molar-refractivity contribution in [1.82, 2.24) is 0 Å². The van der Waals surface area contributed by atoms with Crippen LogP contribution >= 0.6 is 0 Å². The zero-order valence-corrected chi connectivity index (χ0v) is 18.7. The quantitative estimate of drug-likeness (QED) is 0.310. The van der Waals surface area contributed by atoms with E-state index in [4.69, 9.17) is 14.2 Å². The van der Waals surface area contributed by atoms with Crippen molar-refractivity contribution < 1.29 is 46.6 Å². The van der Waals surface area contributed by atoms with Gasteiger partial charge in [0.2, 0.25) is 0 Å². The van der Waals surface area contributed by atoms with E-state index in [1.165, 1.54) is 0 Å². The molecule has 3 aliphatic rings. The molecule has 0 aromatic rings. The van der Waals surface area contributed by atoms with Crippen LogP contribution in [0.2, 0.25) is 0 Å². The van der Waals surface area contributed by atoms with E-state index in [1.807, 2.05) is 6.92 Å². The van der Waals surface area contributed by atoms with Crippen molar-refractivity contribution in [2.24, 2.45) is 41.4 Å². The minimum absolute atomic E-state index is 0. The standard InChI is InChI=1S/C22H29F3O7.2CH4/c1-9-11-6-12(13(7-11)16(9)17-10(2)18(27)31-19(17)28)14(30-20(29)22(23,24)25)8-15(26)32-21(3,4)5;;/h9-14,16-17H,6-8H2,1-5H3;2*1H4. The van der Waals surface area contributed by atoms with E-state index in [0.717, 1.165) is 0 Å². The lowest BCUT2D eigenvalue weighted by Gasteiger charge is -2.40. The molecular formula is C24H37F3O7. The van der Waals surface area contributed by atoms with Crippen molar-refractivity contribution in [3.63, 3.8) is 0 Å². The third kappa shape index (κ3) is 5.92. The van der Waals surface area contributed by atoms with Crippen molar-refractivity contribution in [3.05, 3.63) is 0 Å². The second-order valence-electron chi connectivity index (χ2n) is 10.3. The Balaban J connectivity index is 0.00000289. The smallest absolute Gasteiger partial charge is 0.460 e. The fraction of sp³-hybridized carbons (Fsp3) is 0.833. The molecule has 1 aliphatic heterocycles. The molecule has 7 nitrogen and oxygen atoms in total. The zero-order chi connectivity index (χ0) is 24.2. The lowest BCUT2D eigenvalue weighted by molar-refractivity contribution is -0.210. The fourth-order valence-corrected chi connectivity index (χ4v) is 5.88. The molecule has 196 valence electrons. The first-order chi connectivity index (χ1) is 14.6. The molecule has 0 spiro atoms. The van der Waals surface area contributed by atoms with Gasteiger partial charge in [0.15, 0.2) is 0 Å². The highest BCUT2D eigenvalue weighted by Gasteiger charge is 2.61. The topological polar surface area (TPSA) is 96.0 Å². The Morgan fingerprint density at radius 1 is 1.06 bits per heavy atom. The maximum Gasteiger partial charge on any atom is 0.490 e. The summed E-state index contributed by atoms with van der Waals surface area (Å²) in [5.41, 5.74) is -0.856. The molecule has 0 amide bonds. The molecule has 3 rings (SSSR count). The predicted molar refractivity (Wildman–Crippen MR) is 116 cm³/mol. The van der Waals surface area contributed by atoms with Crippen molar-refractivity contribution >= 4 is 23.9 Å². The summed E-state index contributed by atoms with van der Waals surface area (Å²) in [6.07, 6.45) is -5.97. The molecule has 3 fully saturated rings. The number of alkyl halides is 3. The van der Waals surface area contributed by atoms with Gasteiger partial charge in [-0.3, -0.25) is 14.4 Å². The molecule has 2 bridgehead atoms. The molecule has 34 heavy (non-hydrogen) atoms. The predicted octanol–water partition coefficient (Wildman–Crippen LogP) is 4.71. The first-order valence-corrected chi connectivity index (χ1v) is 10.8. The summed E-state index contributed by atoms with van der Waals surface area (Å²) in [5, 5.41) is 0. The summed E-state index contributed by atoms with van der Waals surface area (Å²) in [6, 6.07) is 0.